The minimum Gasteiger partial charge on any atom is -0.379 e. The fourth-order valence-electron chi connectivity index (χ4n) is 1.50. The summed E-state index contributed by atoms with van der Waals surface area (Å²) in [7, 11) is 1.74. The maximum Gasteiger partial charge on any atom is 0.0709 e. The van der Waals surface area contributed by atoms with Crippen LogP contribution in [-0.4, -0.2) is 25.8 Å². The van der Waals surface area contributed by atoms with Crippen LogP contribution in [0.25, 0.3) is 0 Å². The van der Waals surface area contributed by atoms with E-state index < -0.39 is 0 Å². The summed E-state index contributed by atoms with van der Waals surface area (Å²) in [5.74, 6) is 0. The molecule has 0 radical (unpaired) electrons. The summed E-state index contributed by atoms with van der Waals surface area (Å²) in [5.41, 5.74) is 1.09. The van der Waals surface area contributed by atoms with Crippen LogP contribution in [0.3, 0.4) is 0 Å². The Hall–Kier alpha value is -0.570. The lowest BCUT2D eigenvalue weighted by Gasteiger charge is -2.23. The third-order valence-electron chi connectivity index (χ3n) is 2.94. The molecular formula is C14H22ClNO. The first-order chi connectivity index (χ1) is 8.05. The van der Waals surface area contributed by atoms with E-state index in [4.69, 9.17) is 16.3 Å². The monoisotopic (exact) mass is 255 g/mol. The molecule has 0 heterocycles. The normalized spacial score (nSPS) is 13.6. The van der Waals surface area contributed by atoms with E-state index in [1.165, 1.54) is 0 Å². The van der Waals surface area contributed by atoms with E-state index in [9.17, 15) is 0 Å². The van der Waals surface area contributed by atoms with Crippen LogP contribution in [-0.2, 0) is 4.74 Å². The average Bonchev–Trinajstić information content (AvgIpc) is 2.35. The minimum atomic E-state index is -0.0679. The van der Waals surface area contributed by atoms with Gasteiger partial charge < -0.3 is 10.1 Å². The summed E-state index contributed by atoms with van der Waals surface area (Å²) in [6.45, 7) is 5.87. The van der Waals surface area contributed by atoms with Gasteiger partial charge in [-0.25, -0.2) is 0 Å². The molecule has 1 rings (SSSR count). The van der Waals surface area contributed by atoms with Crippen LogP contribution in [0.4, 0.5) is 0 Å². The summed E-state index contributed by atoms with van der Waals surface area (Å²) in [6, 6.07) is 10.1. The van der Waals surface area contributed by atoms with Crippen LogP contribution < -0.4 is 5.32 Å². The van der Waals surface area contributed by atoms with Gasteiger partial charge in [0.25, 0.3) is 0 Å². The molecular weight excluding hydrogens is 234 g/mol. The number of rotatable bonds is 7. The molecule has 96 valence electrons. The van der Waals surface area contributed by atoms with E-state index >= 15 is 0 Å². The number of nitrogens with one attached hydrogen (secondary N) is 1. The number of methoxy groups -OCH3 is 1. The summed E-state index contributed by atoms with van der Waals surface area (Å²) in [5, 5.41) is 3.39. The Bertz CT molecular complexity index is 313. The first-order valence-electron chi connectivity index (χ1n) is 6.00. The highest BCUT2D eigenvalue weighted by molar-refractivity contribution is 6.21. The third kappa shape index (κ3) is 5.53. The lowest BCUT2D eigenvalue weighted by atomic mass is 10.1. The predicted molar refractivity (Wildman–Crippen MR) is 73.6 cm³/mol. The van der Waals surface area contributed by atoms with Crippen molar-refractivity contribution in [3.8, 4) is 0 Å². The maximum absolute atomic E-state index is 6.30. The van der Waals surface area contributed by atoms with Crippen molar-refractivity contribution < 1.29 is 4.74 Å². The number of hydrogen-bond acceptors (Lipinski definition) is 2. The molecule has 3 heteroatoms. The second kappa shape index (κ2) is 7.00. The van der Waals surface area contributed by atoms with E-state index in [2.05, 4.69) is 31.3 Å². The van der Waals surface area contributed by atoms with Gasteiger partial charge in [-0.15, -0.1) is 11.6 Å². The number of benzene rings is 1. The Morgan fingerprint density at radius 1 is 1.29 bits per heavy atom. The Labute approximate surface area is 109 Å². The molecule has 0 fully saturated rings. The zero-order chi connectivity index (χ0) is 12.7. The molecule has 0 aliphatic rings. The zero-order valence-electron chi connectivity index (χ0n) is 10.9. The molecule has 1 atom stereocenters. The average molecular weight is 256 g/mol. The van der Waals surface area contributed by atoms with Crippen LogP contribution in [0, 0.1) is 0 Å². The molecule has 0 aromatic heterocycles. The molecule has 1 aromatic carbocycles. The summed E-state index contributed by atoms with van der Waals surface area (Å²) < 4.78 is 5.36. The topological polar surface area (TPSA) is 21.3 Å². The number of hydrogen-bond donors (Lipinski definition) is 1. The number of alkyl halides is 1. The highest BCUT2D eigenvalue weighted by atomic mass is 35.5. The van der Waals surface area contributed by atoms with Gasteiger partial charge in [-0.1, -0.05) is 30.3 Å². The molecule has 0 bridgehead atoms. The predicted octanol–water partition coefficient (Wildman–Crippen LogP) is 3.37. The standard InChI is InChI=1S/C14H22ClNO/c1-14(2,17-3)9-10-16-11-13(15)12-7-5-4-6-8-12/h4-8,13,16H,9-11H2,1-3H3. The van der Waals surface area contributed by atoms with Crippen LogP contribution in [0.2, 0.25) is 0 Å². The Kier molecular flexibility index (Phi) is 5.96. The van der Waals surface area contributed by atoms with Gasteiger partial charge in [0.2, 0.25) is 0 Å². The van der Waals surface area contributed by atoms with Gasteiger partial charge in [-0.05, 0) is 32.4 Å². The van der Waals surface area contributed by atoms with Crippen molar-refractivity contribution >= 4 is 11.6 Å². The molecule has 0 aliphatic heterocycles. The molecule has 0 spiro atoms. The van der Waals surface area contributed by atoms with Crippen molar-refractivity contribution in [1.29, 1.82) is 0 Å². The fraction of sp³-hybridized carbons (Fsp3) is 0.571. The number of ether oxygens (including phenoxy) is 1. The first-order valence-corrected chi connectivity index (χ1v) is 6.44. The van der Waals surface area contributed by atoms with Crippen molar-refractivity contribution in [3.05, 3.63) is 35.9 Å². The van der Waals surface area contributed by atoms with Gasteiger partial charge >= 0.3 is 0 Å². The van der Waals surface area contributed by atoms with Crippen LogP contribution in [0.15, 0.2) is 30.3 Å². The summed E-state index contributed by atoms with van der Waals surface area (Å²) >= 11 is 6.30. The SMILES string of the molecule is COC(C)(C)CCNCC(Cl)c1ccccc1. The second-order valence-corrected chi connectivity index (χ2v) is 5.32. The number of halogens is 1. The Morgan fingerprint density at radius 2 is 1.94 bits per heavy atom. The molecule has 2 nitrogen and oxygen atoms in total. The molecule has 0 saturated carbocycles. The van der Waals surface area contributed by atoms with E-state index in [0.717, 1.165) is 25.1 Å². The lowest BCUT2D eigenvalue weighted by molar-refractivity contribution is 0.0159. The second-order valence-electron chi connectivity index (χ2n) is 4.80. The molecule has 0 aliphatic carbocycles. The third-order valence-corrected chi connectivity index (χ3v) is 3.35. The molecule has 1 aromatic rings. The molecule has 1 unspecified atom stereocenters. The van der Waals surface area contributed by atoms with Gasteiger partial charge in [0.15, 0.2) is 0 Å². The summed E-state index contributed by atoms with van der Waals surface area (Å²) in [6.07, 6.45) is 0.974. The Morgan fingerprint density at radius 3 is 2.53 bits per heavy atom. The largest absolute Gasteiger partial charge is 0.379 e. The maximum atomic E-state index is 6.30. The van der Waals surface area contributed by atoms with Crippen LogP contribution in [0.5, 0.6) is 0 Å². The molecule has 17 heavy (non-hydrogen) atoms. The minimum absolute atomic E-state index is 0.0295. The quantitative estimate of drug-likeness (QED) is 0.596. The van der Waals surface area contributed by atoms with Crippen molar-refractivity contribution in [2.45, 2.75) is 31.2 Å². The highest BCUT2D eigenvalue weighted by Gasteiger charge is 2.15. The highest BCUT2D eigenvalue weighted by Crippen LogP contribution is 2.19. The van der Waals surface area contributed by atoms with Gasteiger partial charge in [0.05, 0.1) is 11.0 Å². The van der Waals surface area contributed by atoms with Crippen molar-refractivity contribution in [3.63, 3.8) is 0 Å². The van der Waals surface area contributed by atoms with Crippen molar-refractivity contribution in [2.24, 2.45) is 0 Å². The first kappa shape index (κ1) is 14.5. The zero-order valence-corrected chi connectivity index (χ0v) is 11.6. The molecule has 0 amide bonds. The fourth-order valence-corrected chi connectivity index (χ4v) is 1.75. The van der Waals surface area contributed by atoms with Gasteiger partial charge in [0, 0.05) is 13.7 Å². The molecule has 1 N–H and O–H groups in total. The van der Waals surface area contributed by atoms with E-state index in [1.807, 2.05) is 18.2 Å². The van der Waals surface area contributed by atoms with Gasteiger partial charge in [-0.3, -0.25) is 0 Å². The van der Waals surface area contributed by atoms with Crippen molar-refractivity contribution in [1.82, 2.24) is 5.32 Å². The smallest absolute Gasteiger partial charge is 0.0709 e. The van der Waals surface area contributed by atoms with E-state index in [0.29, 0.717) is 0 Å². The van der Waals surface area contributed by atoms with E-state index in [1.54, 1.807) is 7.11 Å². The lowest BCUT2D eigenvalue weighted by Crippen LogP contribution is -2.30. The Balaban J connectivity index is 2.24. The van der Waals surface area contributed by atoms with Crippen LogP contribution in [0.1, 0.15) is 31.2 Å². The van der Waals surface area contributed by atoms with E-state index in [-0.39, 0.29) is 11.0 Å². The van der Waals surface area contributed by atoms with Gasteiger partial charge in [-0.2, -0.15) is 0 Å². The molecule has 0 saturated heterocycles. The van der Waals surface area contributed by atoms with Gasteiger partial charge in [0.1, 0.15) is 0 Å². The van der Waals surface area contributed by atoms with Crippen molar-refractivity contribution in [2.75, 3.05) is 20.2 Å². The summed E-state index contributed by atoms with van der Waals surface area (Å²) in [4.78, 5) is 0. The van der Waals surface area contributed by atoms with Crippen LogP contribution >= 0.6 is 11.6 Å².